The van der Waals surface area contributed by atoms with Gasteiger partial charge in [-0.2, -0.15) is 14.9 Å². The summed E-state index contributed by atoms with van der Waals surface area (Å²) in [5.41, 5.74) is 1.76. The van der Waals surface area contributed by atoms with Gasteiger partial charge in [0.15, 0.2) is 17.1 Å². The van der Waals surface area contributed by atoms with Crippen LogP contribution in [0.15, 0.2) is 71.0 Å². The summed E-state index contributed by atoms with van der Waals surface area (Å²) in [4.78, 5) is 17.1. The Kier molecular flexibility index (Phi) is 4.59. The van der Waals surface area contributed by atoms with E-state index in [4.69, 9.17) is 9.47 Å². The van der Waals surface area contributed by atoms with E-state index in [1.54, 1.807) is 37.2 Å². The number of benzene rings is 2. The Morgan fingerprint density at radius 1 is 1.04 bits per heavy atom. The van der Waals surface area contributed by atoms with Crippen LogP contribution >= 0.6 is 0 Å². The monoisotopic (exact) mass is 375 g/mol. The fourth-order valence-electron chi connectivity index (χ4n) is 2.80. The molecule has 0 fully saturated rings. The van der Waals surface area contributed by atoms with Gasteiger partial charge in [-0.05, 0) is 35.9 Å². The summed E-state index contributed by atoms with van der Waals surface area (Å²) < 4.78 is 13.3. The van der Waals surface area contributed by atoms with Crippen molar-refractivity contribution >= 4 is 17.2 Å². The highest BCUT2D eigenvalue weighted by Crippen LogP contribution is 2.26. The number of fused-ring (bicyclic) bond motifs is 1. The Morgan fingerprint density at radius 2 is 1.82 bits per heavy atom. The third kappa shape index (κ3) is 3.11. The molecule has 28 heavy (non-hydrogen) atoms. The number of ether oxygens (including phenoxy) is 2. The zero-order chi connectivity index (χ0) is 19.5. The molecular formula is C20H17N5O3. The lowest BCUT2D eigenvalue weighted by atomic mass is 10.2. The summed E-state index contributed by atoms with van der Waals surface area (Å²) in [6.07, 6.45) is 4.43. The van der Waals surface area contributed by atoms with Crippen LogP contribution in [0, 0.1) is 0 Å². The van der Waals surface area contributed by atoms with E-state index in [2.05, 4.69) is 15.2 Å². The van der Waals surface area contributed by atoms with E-state index in [1.807, 2.05) is 36.4 Å². The van der Waals surface area contributed by atoms with Gasteiger partial charge in [0, 0.05) is 0 Å². The molecule has 0 radical (unpaired) electrons. The van der Waals surface area contributed by atoms with Gasteiger partial charge in [0.25, 0.3) is 5.56 Å². The van der Waals surface area contributed by atoms with E-state index in [-0.39, 0.29) is 5.56 Å². The lowest BCUT2D eigenvalue weighted by molar-refractivity contribution is 0.355. The molecule has 0 aliphatic heterocycles. The lowest BCUT2D eigenvalue weighted by Crippen LogP contribution is -2.17. The van der Waals surface area contributed by atoms with Crippen LogP contribution in [0.25, 0.3) is 16.7 Å². The largest absolute Gasteiger partial charge is 0.493 e. The van der Waals surface area contributed by atoms with Crippen LogP contribution < -0.4 is 15.0 Å². The normalized spacial score (nSPS) is 11.2. The SMILES string of the molecule is COc1ccc(/C=N/n2cnc3c(cnn3-c3ccccc3)c2=O)cc1OC. The van der Waals surface area contributed by atoms with Gasteiger partial charge in [-0.25, -0.2) is 9.67 Å². The second-order valence-corrected chi connectivity index (χ2v) is 5.88. The predicted octanol–water partition coefficient (Wildman–Crippen LogP) is 2.48. The van der Waals surface area contributed by atoms with Crippen molar-refractivity contribution in [2.75, 3.05) is 14.2 Å². The van der Waals surface area contributed by atoms with Crippen LogP contribution in [0.3, 0.4) is 0 Å². The maximum absolute atomic E-state index is 12.7. The first-order valence-electron chi connectivity index (χ1n) is 8.48. The molecule has 8 nitrogen and oxygen atoms in total. The second-order valence-electron chi connectivity index (χ2n) is 5.88. The lowest BCUT2D eigenvalue weighted by Gasteiger charge is -2.07. The Labute approximate surface area is 160 Å². The number of hydrogen-bond donors (Lipinski definition) is 0. The summed E-state index contributed by atoms with van der Waals surface area (Å²) in [7, 11) is 3.13. The average Bonchev–Trinajstić information content (AvgIpc) is 3.18. The van der Waals surface area contributed by atoms with E-state index in [0.717, 1.165) is 11.3 Å². The van der Waals surface area contributed by atoms with E-state index in [9.17, 15) is 4.79 Å². The minimum Gasteiger partial charge on any atom is -0.493 e. The topological polar surface area (TPSA) is 83.5 Å². The smallest absolute Gasteiger partial charge is 0.285 e. The molecule has 140 valence electrons. The first kappa shape index (κ1) is 17.5. The molecule has 0 spiro atoms. The van der Waals surface area contributed by atoms with Crippen LogP contribution in [0.4, 0.5) is 0 Å². The molecule has 0 aliphatic rings. The summed E-state index contributed by atoms with van der Waals surface area (Å²) in [6.45, 7) is 0. The van der Waals surface area contributed by atoms with Crippen molar-refractivity contribution in [3.8, 4) is 17.2 Å². The van der Waals surface area contributed by atoms with E-state index in [1.165, 1.54) is 17.2 Å². The fourth-order valence-corrected chi connectivity index (χ4v) is 2.80. The number of rotatable bonds is 5. The van der Waals surface area contributed by atoms with Crippen LogP contribution in [0.2, 0.25) is 0 Å². The highest BCUT2D eigenvalue weighted by atomic mass is 16.5. The molecule has 0 N–H and O–H groups in total. The van der Waals surface area contributed by atoms with Crippen molar-refractivity contribution in [2.24, 2.45) is 5.10 Å². The van der Waals surface area contributed by atoms with Crippen molar-refractivity contribution in [2.45, 2.75) is 0 Å². The molecule has 0 bridgehead atoms. The summed E-state index contributed by atoms with van der Waals surface area (Å²) >= 11 is 0. The molecular weight excluding hydrogens is 358 g/mol. The number of aromatic nitrogens is 4. The molecule has 4 aromatic rings. The minimum atomic E-state index is -0.302. The molecule has 0 saturated heterocycles. The Balaban J connectivity index is 1.70. The van der Waals surface area contributed by atoms with Crippen molar-refractivity contribution in [3.05, 3.63) is 77.0 Å². The van der Waals surface area contributed by atoms with Gasteiger partial charge in [-0.3, -0.25) is 4.79 Å². The Hall–Kier alpha value is -3.94. The molecule has 0 atom stereocenters. The second kappa shape index (κ2) is 7.36. The standard InChI is InChI=1S/C20H17N5O3/c1-27-17-9-8-14(10-18(17)28-2)11-22-24-13-21-19-16(20(24)26)12-23-25(19)15-6-4-3-5-7-15/h3-13H,1-2H3/b22-11+. The van der Waals surface area contributed by atoms with Gasteiger partial charge in [-0.1, -0.05) is 18.2 Å². The van der Waals surface area contributed by atoms with E-state index < -0.39 is 0 Å². The van der Waals surface area contributed by atoms with Crippen molar-refractivity contribution < 1.29 is 9.47 Å². The first-order chi connectivity index (χ1) is 13.7. The van der Waals surface area contributed by atoms with Crippen LogP contribution in [-0.2, 0) is 0 Å². The fraction of sp³-hybridized carbons (Fsp3) is 0.100. The highest BCUT2D eigenvalue weighted by Gasteiger charge is 2.11. The molecule has 2 heterocycles. The third-order valence-electron chi connectivity index (χ3n) is 4.21. The summed E-state index contributed by atoms with van der Waals surface area (Å²) in [5.74, 6) is 1.20. The van der Waals surface area contributed by atoms with Gasteiger partial charge in [0.2, 0.25) is 0 Å². The number of hydrogen-bond acceptors (Lipinski definition) is 6. The zero-order valence-corrected chi connectivity index (χ0v) is 15.3. The average molecular weight is 375 g/mol. The first-order valence-corrected chi connectivity index (χ1v) is 8.48. The number of methoxy groups -OCH3 is 2. The van der Waals surface area contributed by atoms with Crippen LogP contribution in [-0.4, -0.2) is 39.9 Å². The van der Waals surface area contributed by atoms with Crippen LogP contribution in [0.1, 0.15) is 5.56 Å². The molecule has 0 unspecified atom stereocenters. The van der Waals surface area contributed by atoms with Gasteiger partial charge >= 0.3 is 0 Å². The van der Waals surface area contributed by atoms with Gasteiger partial charge < -0.3 is 9.47 Å². The number of nitrogens with zero attached hydrogens (tertiary/aromatic N) is 5. The quantitative estimate of drug-likeness (QED) is 0.501. The maximum Gasteiger partial charge on any atom is 0.285 e. The van der Waals surface area contributed by atoms with E-state index in [0.29, 0.717) is 22.5 Å². The molecule has 2 aromatic carbocycles. The van der Waals surface area contributed by atoms with Crippen molar-refractivity contribution in [3.63, 3.8) is 0 Å². The molecule has 0 amide bonds. The van der Waals surface area contributed by atoms with Crippen molar-refractivity contribution in [1.29, 1.82) is 0 Å². The Bertz CT molecular complexity index is 1210. The van der Waals surface area contributed by atoms with Crippen molar-refractivity contribution in [1.82, 2.24) is 19.4 Å². The van der Waals surface area contributed by atoms with Crippen LogP contribution in [0.5, 0.6) is 11.5 Å². The third-order valence-corrected chi connectivity index (χ3v) is 4.21. The minimum absolute atomic E-state index is 0.302. The number of para-hydroxylation sites is 1. The molecule has 2 aromatic heterocycles. The van der Waals surface area contributed by atoms with Gasteiger partial charge in [-0.15, -0.1) is 0 Å². The zero-order valence-electron chi connectivity index (χ0n) is 15.3. The maximum atomic E-state index is 12.7. The predicted molar refractivity (Wildman–Crippen MR) is 106 cm³/mol. The van der Waals surface area contributed by atoms with Gasteiger partial charge in [0.05, 0.1) is 32.3 Å². The highest BCUT2D eigenvalue weighted by molar-refractivity contribution is 5.81. The molecule has 4 rings (SSSR count). The molecule has 0 aliphatic carbocycles. The van der Waals surface area contributed by atoms with E-state index >= 15 is 0 Å². The Morgan fingerprint density at radius 3 is 2.57 bits per heavy atom. The summed E-state index contributed by atoms with van der Waals surface area (Å²) in [6, 6.07) is 14.9. The summed E-state index contributed by atoms with van der Waals surface area (Å²) in [5, 5.41) is 8.89. The van der Waals surface area contributed by atoms with Gasteiger partial charge in [0.1, 0.15) is 11.7 Å². The molecule has 8 heteroatoms. The molecule has 0 saturated carbocycles.